The molecule has 0 bridgehead atoms. The van der Waals surface area contributed by atoms with E-state index in [0.29, 0.717) is 65.1 Å². The lowest BCUT2D eigenvalue weighted by atomic mass is 9.85. The van der Waals surface area contributed by atoms with Crippen LogP contribution in [0.15, 0.2) is 18.2 Å². The molecular weight excluding hydrogens is 666 g/mol. The second-order valence-corrected chi connectivity index (χ2v) is 15.0. The number of esters is 1. The minimum atomic E-state index is -2.69. The summed E-state index contributed by atoms with van der Waals surface area (Å²) in [5, 5.41) is 3.67. The van der Waals surface area contributed by atoms with Crippen LogP contribution in [0, 0.1) is 44.4 Å². The van der Waals surface area contributed by atoms with Crippen LogP contribution in [0.2, 0.25) is 5.02 Å². The number of likely N-dealkylation sites (tertiary alicyclic amines) is 2. The van der Waals surface area contributed by atoms with Crippen molar-refractivity contribution in [1.82, 2.24) is 19.8 Å². The van der Waals surface area contributed by atoms with Crippen molar-refractivity contribution in [3.63, 3.8) is 0 Å². The Morgan fingerprint density at radius 1 is 1.04 bits per heavy atom. The molecule has 2 aromatic rings. The van der Waals surface area contributed by atoms with E-state index in [2.05, 4.69) is 20.2 Å². The fraction of sp³-hybridized carbons (Fsp3) is 0.649. The molecule has 1 aromatic heterocycles. The summed E-state index contributed by atoms with van der Waals surface area (Å²) in [7, 11) is 0. The van der Waals surface area contributed by atoms with E-state index in [1.54, 1.807) is 31.7 Å². The topological polar surface area (TPSA) is 108 Å². The number of halogens is 3. The number of amides is 2. The number of benzene rings is 1. The van der Waals surface area contributed by atoms with Gasteiger partial charge in [0, 0.05) is 62.2 Å². The van der Waals surface area contributed by atoms with E-state index in [1.165, 1.54) is 0 Å². The van der Waals surface area contributed by atoms with E-state index in [1.807, 2.05) is 37.8 Å². The van der Waals surface area contributed by atoms with Crippen molar-refractivity contribution in [2.75, 3.05) is 56.1 Å². The molecule has 5 rings (SSSR count). The van der Waals surface area contributed by atoms with Gasteiger partial charge in [-0.25, -0.2) is 23.5 Å². The molecule has 3 atom stereocenters. The minimum absolute atomic E-state index is 0.0447. The monoisotopic (exact) mass is 716 g/mol. The second-order valence-electron chi connectivity index (χ2n) is 14.6. The molecule has 3 fully saturated rings. The summed E-state index contributed by atoms with van der Waals surface area (Å²) < 4.78 is 32.9. The van der Waals surface area contributed by atoms with Gasteiger partial charge in [0.1, 0.15) is 6.04 Å². The van der Waals surface area contributed by atoms with Gasteiger partial charge in [-0.15, -0.1) is 0 Å². The summed E-state index contributed by atoms with van der Waals surface area (Å²) in [6.45, 7) is 15.7. The second kappa shape index (κ2) is 15.9. The third kappa shape index (κ3) is 8.73. The van der Waals surface area contributed by atoms with Crippen LogP contribution in [0.4, 0.5) is 20.4 Å². The van der Waals surface area contributed by atoms with Gasteiger partial charge in [0.05, 0.1) is 23.6 Å². The number of anilines is 2. The predicted octanol–water partition coefficient (Wildman–Crippen LogP) is 6.31. The summed E-state index contributed by atoms with van der Waals surface area (Å²) >= 11 is 6.42. The summed E-state index contributed by atoms with van der Waals surface area (Å²) in [6.07, 6.45) is 0.588. The molecule has 3 unspecified atom stereocenters. The first kappa shape index (κ1) is 37.9. The predicted molar refractivity (Wildman–Crippen MR) is 190 cm³/mol. The Labute approximate surface area is 299 Å². The number of nitrogens with one attached hydrogen (secondary N) is 1. The molecule has 2 amide bonds. The molecule has 1 aliphatic carbocycles. The number of ether oxygens (including phenoxy) is 1. The van der Waals surface area contributed by atoms with Crippen molar-refractivity contribution in [2.45, 2.75) is 85.6 Å². The molecule has 0 radical (unpaired) electrons. The highest BCUT2D eigenvalue weighted by Gasteiger charge is 2.43. The molecular formula is C37H51ClF2N6O4. The van der Waals surface area contributed by atoms with Crippen LogP contribution in [0.25, 0.3) is 0 Å². The number of aryl methyl sites for hydroxylation is 3. The van der Waals surface area contributed by atoms with Crippen LogP contribution >= 0.6 is 11.6 Å². The molecule has 1 N–H and O–H groups in total. The van der Waals surface area contributed by atoms with Crippen LogP contribution in [0.1, 0.15) is 80.2 Å². The highest BCUT2D eigenvalue weighted by atomic mass is 35.5. The van der Waals surface area contributed by atoms with Gasteiger partial charge < -0.3 is 24.8 Å². The molecule has 274 valence electrons. The summed E-state index contributed by atoms with van der Waals surface area (Å²) in [6, 6.07) is 4.96. The highest BCUT2D eigenvalue weighted by molar-refractivity contribution is 6.31. The number of carbonyl (C=O) groups is 3. The first-order valence-corrected chi connectivity index (χ1v) is 18.3. The fourth-order valence-electron chi connectivity index (χ4n) is 7.63. The maximum Gasteiger partial charge on any atom is 0.328 e. The van der Waals surface area contributed by atoms with Gasteiger partial charge in [-0.05, 0) is 89.0 Å². The van der Waals surface area contributed by atoms with Crippen LogP contribution in [-0.2, 0) is 14.3 Å². The van der Waals surface area contributed by atoms with E-state index < -0.39 is 17.9 Å². The van der Waals surface area contributed by atoms with Gasteiger partial charge in [0.15, 0.2) is 0 Å². The molecule has 10 nitrogen and oxygen atoms in total. The Morgan fingerprint density at radius 2 is 1.66 bits per heavy atom. The molecule has 50 heavy (non-hydrogen) atoms. The average molecular weight is 717 g/mol. The number of fused-ring (bicyclic) bond motifs is 1. The smallest absolute Gasteiger partial charge is 0.328 e. The van der Waals surface area contributed by atoms with Crippen molar-refractivity contribution >= 4 is 41.0 Å². The van der Waals surface area contributed by atoms with E-state index in [0.717, 1.165) is 31.6 Å². The maximum absolute atomic E-state index is 13.9. The summed E-state index contributed by atoms with van der Waals surface area (Å²) in [4.78, 5) is 55.0. The number of rotatable bonds is 12. The third-order valence-electron chi connectivity index (χ3n) is 10.5. The molecule has 3 heterocycles. The normalized spacial score (nSPS) is 21.3. The van der Waals surface area contributed by atoms with Gasteiger partial charge in [-0.3, -0.25) is 9.59 Å². The van der Waals surface area contributed by atoms with Crippen molar-refractivity contribution in [1.29, 1.82) is 0 Å². The van der Waals surface area contributed by atoms with E-state index in [4.69, 9.17) is 16.3 Å². The number of nitrogens with zero attached hydrogens (tertiary/aromatic N) is 5. The molecule has 2 saturated heterocycles. The zero-order chi connectivity index (χ0) is 36.3. The van der Waals surface area contributed by atoms with Gasteiger partial charge in [0.2, 0.25) is 17.8 Å². The first-order chi connectivity index (χ1) is 23.7. The maximum atomic E-state index is 13.9. The Morgan fingerprint density at radius 3 is 2.22 bits per heavy atom. The third-order valence-corrected chi connectivity index (χ3v) is 10.9. The molecule has 1 saturated carbocycles. The zero-order valence-corrected chi connectivity index (χ0v) is 30.9. The largest absolute Gasteiger partial charge is 0.464 e. The van der Waals surface area contributed by atoms with Crippen LogP contribution in [0.5, 0.6) is 0 Å². The Balaban J connectivity index is 1.16. The van der Waals surface area contributed by atoms with Crippen molar-refractivity contribution in [2.24, 2.45) is 23.7 Å². The van der Waals surface area contributed by atoms with Gasteiger partial charge in [-0.1, -0.05) is 31.5 Å². The summed E-state index contributed by atoms with van der Waals surface area (Å²) in [5.74, 6) is -2.73. The van der Waals surface area contributed by atoms with Crippen LogP contribution in [0.3, 0.4) is 0 Å². The average Bonchev–Trinajstić information content (AvgIpc) is 3.62. The number of hydrogen-bond acceptors (Lipinski definition) is 8. The Hall–Kier alpha value is -3.38. The highest BCUT2D eigenvalue weighted by Crippen LogP contribution is 2.38. The van der Waals surface area contributed by atoms with Crippen molar-refractivity contribution < 1.29 is 27.9 Å². The van der Waals surface area contributed by atoms with E-state index >= 15 is 0 Å². The Kier molecular flexibility index (Phi) is 12.0. The minimum Gasteiger partial charge on any atom is -0.464 e. The zero-order valence-electron chi connectivity index (χ0n) is 30.1. The lowest BCUT2D eigenvalue weighted by molar-refractivity contribution is -0.145. The standard InChI is InChI=1S/C37H51ClF2N6O4/c1-7-50-35(49)32(22(2)3)43-36-41-24(5)31(25(6)42-36)34(48)45-20-27-18-44(19-28(27)21-45)15-8-16-46(29-10-9-23(4)30(38)17-29)33(47)26-11-13-37(39,40)14-12-26/h9-10,17,22,26-28,32H,7-8,11-16,18-21H2,1-6H3,(H,41,42,43). The number of alkyl halides is 2. The van der Waals surface area contributed by atoms with Gasteiger partial charge >= 0.3 is 5.97 Å². The number of aromatic nitrogens is 2. The van der Waals surface area contributed by atoms with Gasteiger partial charge in [0.25, 0.3) is 5.91 Å². The lowest BCUT2D eigenvalue weighted by Crippen LogP contribution is -2.41. The van der Waals surface area contributed by atoms with E-state index in [9.17, 15) is 23.2 Å². The SMILES string of the molecule is CCOC(=O)C(Nc1nc(C)c(C(=O)N2CC3CN(CCCN(C(=O)C4CCC(F)(F)CC4)c4ccc(C)c(Cl)c4)CC3C2)c(C)n1)C(C)C. The first-order valence-electron chi connectivity index (χ1n) is 17.9. The van der Waals surface area contributed by atoms with Crippen molar-refractivity contribution in [3.8, 4) is 0 Å². The quantitative estimate of drug-likeness (QED) is 0.255. The molecule has 0 spiro atoms. The lowest BCUT2D eigenvalue weighted by Gasteiger charge is -2.32. The molecule has 3 aliphatic rings. The van der Waals surface area contributed by atoms with E-state index in [-0.39, 0.29) is 56.0 Å². The van der Waals surface area contributed by atoms with Crippen LogP contribution < -0.4 is 10.2 Å². The molecule has 13 heteroatoms. The van der Waals surface area contributed by atoms with Crippen LogP contribution in [-0.4, -0.2) is 95.4 Å². The van der Waals surface area contributed by atoms with Gasteiger partial charge in [-0.2, -0.15) is 0 Å². The summed E-state index contributed by atoms with van der Waals surface area (Å²) in [5.41, 5.74) is 3.23. The number of carbonyl (C=O) groups excluding carboxylic acids is 3. The molecule has 2 aliphatic heterocycles. The fourth-order valence-corrected chi connectivity index (χ4v) is 7.81. The number of hydrogen-bond donors (Lipinski definition) is 1. The van der Waals surface area contributed by atoms with Crippen molar-refractivity contribution in [3.05, 3.63) is 45.7 Å². The Bertz CT molecular complexity index is 1530. The molecule has 1 aromatic carbocycles.